The van der Waals surface area contributed by atoms with Gasteiger partial charge >= 0.3 is 0 Å². The first-order valence-corrected chi connectivity index (χ1v) is 10.6. The highest BCUT2D eigenvalue weighted by Gasteiger charge is 2.30. The zero-order valence-corrected chi connectivity index (χ0v) is 16.6. The average molecular weight is 402 g/mol. The van der Waals surface area contributed by atoms with Crippen molar-refractivity contribution in [2.45, 2.75) is 13.8 Å². The van der Waals surface area contributed by atoms with E-state index in [9.17, 15) is 18.0 Å². The summed E-state index contributed by atoms with van der Waals surface area (Å²) in [6.45, 7) is 5.33. The number of hydrogen-bond donors (Lipinski definition) is 1. The van der Waals surface area contributed by atoms with Crippen LogP contribution in [-0.4, -0.2) is 61.3 Å². The molecule has 0 unspecified atom stereocenters. The van der Waals surface area contributed by atoms with Gasteiger partial charge in [0.2, 0.25) is 0 Å². The highest BCUT2D eigenvalue weighted by Crippen LogP contribution is 2.20. The van der Waals surface area contributed by atoms with Crippen molar-refractivity contribution in [3.8, 4) is 0 Å². The summed E-state index contributed by atoms with van der Waals surface area (Å²) < 4.78 is 27.3. The number of hydrogen-bond acceptors (Lipinski definition) is 5. The number of amides is 2. The lowest BCUT2D eigenvalue weighted by molar-refractivity contribution is -0.112. The summed E-state index contributed by atoms with van der Waals surface area (Å²) in [7, 11) is -3.57. The summed E-state index contributed by atoms with van der Waals surface area (Å²) in [5.74, 6) is -0.495. The molecule has 1 aromatic carbocycles. The summed E-state index contributed by atoms with van der Waals surface area (Å²) in [4.78, 5) is 28.4. The van der Waals surface area contributed by atoms with Crippen LogP contribution in [-0.2, 0) is 14.8 Å². The number of carbonyl (C=O) groups excluding carboxylic acids is 2. The van der Waals surface area contributed by atoms with Gasteiger partial charge < -0.3 is 15.1 Å². The van der Waals surface area contributed by atoms with Crippen molar-refractivity contribution in [1.82, 2.24) is 9.80 Å². The maximum Gasteiger partial charge on any atom is 0.259 e. The largest absolute Gasteiger partial charge is 0.339 e. The van der Waals surface area contributed by atoms with E-state index in [2.05, 4.69) is 9.71 Å². The van der Waals surface area contributed by atoms with E-state index in [4.69, 9.17) is 0 Å². The van der Waals surface area contributed by atoms with E-state index < -0.39 is 15.9 Å². The Morgan fingerprint density at radius 1 is 1.18 bits per heavy atom. The zero-order valence-electron chi connectivity index (χ0n) is 15.8. The molecule has 3 rings (SSSR count). The molecule has 148 valence electrons. The Balaban J connectivity index is 1.76. The molecule has 0 spiro atoms. The molecule has 28 heavy (non-hydrogen) atoms. The van der Waals surface area contributed by atoms with Crippen LogP contribution in [0.5, 0.6) is 0 Å². The Morgan fingerprint density at radius 3 is 2.50 bits per heavy atom. The number of sulfonamides is 1. The smallest absolute Gasteiger partial charge is 0.259 e. The van der Waals surface area contributed by atoms with Crippen LogP contribution in [0.4, 0.5) is 5.69 Å². The lowest BCUT2D eigenvalue weighted by Crippen LogP contribution is -2.40. The van der Waals surface area contributed by atoms with Crippen LogP contribution in [0, 0.1) is 0 Å². The molecular weight excluding hydrogens is 380 g/mol. The Morgan fingerprint density at radius 2 is 1.86 bits per heavy atom. The number of nitrogens with zero attached hydrogens (tertiary/aromatic N) is 3. The maximum atomic E-state index is 12.7. The molecule has 0 aliphatic carbocycles. The molecule has 0 aromatic heterocycles. The second-order valence-corrected chi connectivity index (χ2v) is 8.08. The molecule has 0 fully saturated rings. The summed E-state index contributed by atoms with van der Waals surface area (Å²) in [5.41, 5.74) is 1.21. The molecule has 2 amide bonds. The molecule has 2 heterocycles. The standard InChI is InChI=1S/C19H22N4O4S/c1-3-22(4-2)19(25)14-7-9-15(10-8-14)20-18(24)16-6-5-11-23-12-13-28(26,27)21-17(16)23/h5-11H,3-4,12-13H2,1-2H3,(H,20,24). The topological polar surface area (TPSA) is 99.1 Å². The predicted octanol–water partition coefficient (Wildman–Crippen LogP) is 1.60. The predicted molar refractivity (Wildman–Crippen MR) is 107 cm³/mol. The molecular formula is C19H22N4O4S. The summed E-state index contributed by atoms with van der Waals surface area (Å²) in [6, 6.07) is 6.59. The number of rotatable bonds is 5. The Hall–Kier alpha value is -2.94. The first kappa shape index (κ1) is 19.8. The van der Waals surface area contributed by atoms with Gasteiger partial charge in [-0.1, -0.05) is 0 Å². The number of allylic oxidation sites excluding steroid dienone is 2. The van der Waals surface area contributed by atoms with Gasteiger partial charge in [0.15, 0.2) is 5.84 Å². The van der Waals surface area contributed by atoms with Gasteiger partial charge in [-0.2, -0.15) is 0 Å². The highest BCUT2D eigenvalue weighted by atomic mass is 32.2. The summed E-state index contributed by atoms with van der Waals surface area (Å²) >= 11 is 0. The second kappa shape index (κ2) is 7.97. The van der Waals surface area contributed by atoms with Crippen molar-refractivity contribution in [2.75, 3.05) is 30.7 Å². The molecule has 1 N–H and O–H groups in total. The van der Waals surface area contributed by atoms with E-state index in [0.29, 0.717) is 24.3 Å². The molecule has 8 nitrogen and oxygen atoms in total. The Bertz CT molecular complexity index is 974. The fraction of sp³-hybridized carbons (Fsp3) is 0.316. The van der Waals surface area contributed by atoms with Crippen molar-refractivity contribution < 1.29 is 18.0 Å². The second-order valence-electron chi connectivity index (χ2n) is 6.33. The molecule has 0 saturated heterocycles. The number of amidine groups is 1. The van der Waals surface area contributed by atoms with E-state index in [1.54, 1.807) is 46.3 Å². The van der Waals surface area contributed by atoms with Gasteiger partial charge in [-0.15, -0.1) is 4.40 Å². The molecule has 0 atom stereocenters. The van der Waals surface area contributed by atoms with E-state index in [1.807, 2.05) is 13.8 Å². The fourth-order valence-electron chi connectivity index (χ4n) is 2.98. The number of fused-ring (bicyclic) bond motifs is 1. The maximum absolute atomic E-state index is 12.7. The number of carbonyl (C=O) groups is 2. The summed E-state index contributed by atoms with van der Waals surface area (Å²) in [6.07, 6.45) is 4.90. The van der Waals surface area contributed by atoms with Gasteiger partial charge in [0.05, 0.1) is 11.3 Å². The zero-order chi connectivity index (χ0) is 20.3. The van der Waals surface area contributed by atoms with E-state index in [0.717, 1.165) is 0 Å². The van der Waals surface area contributed by atoms with Gasteiger partial charge in [-0.25, -0.2) is 8.42 Å². The minimum absolute atomic E-state index is 0.0691. The normalized spacial score (nSPS) is 17.3. The van der Waals surface area contributed by atoms with E-state index in [1.165, 1.54) is 6.08 Å². The molecule has 0 saturated carbocycles. The average Bonchev–Trinajstić information content (AvgIpc) is 2.68. The van der Waals surface area contributed by atoms with Crippen LogP contribution in [0.1, 0.15) is 24.2 Å². The minimum Gasteiger partial charge on any atom is -0.339 e. The third kappa shape index (κ3) is 4.14. The van der Waals surface area contributed by atoms with Crippen molar-refractivity contribution >= 4 is 33.4 Å². The molecule has 9 heteroatoms. The van der Waals surface area contributed by atoms with Gasteiger partial charge in [0.1, 0.15) is 0 Å². The SMILES string of the molecule is CCN(CC)C(=O)c1ccc(NC(=O)C2=CC=CN3CCS(=O)(=O)N=C23)cc1. The van der Waals surface area contributed by atoms with Gasteiger partial charge in [-0.05, 0) is 50.3 Å². The van der Waals surface area contributed by atoms with E-state index in [-0.39, 0.29) is 29.6 Å². The van der Waals surface area contributed by atoms with Crippen molar-refractivity contribution in [1.29, 1.82) is 0 Å². The first-order valence-electron chi connectivity index (χ1n) is 9.03. The molecule has 1 aromatic rings. The first-order chi connectivity index (χ1) is 13.3. The van der Waals surface area contributed by atoms with Crippen LogP contribution in [0.2, 0.25) is 0 Å². The fourth-order valence-corrected chi connectivity index (χ4v) is 3.97. The molecule has 2 aliphatic rings. The van der Waals surface area contributed by atoms with Crippen LogP contribution < -0.4 is 5.32 Å². The summed E-state index contributed by atoms with van der Waals surface area (Å²) in [5, 5.41) is 2.73. The van der Waals surface area contributed by atoms with Gasteiger partial charge in [-0.3, -0.25) is 9.59 Å². The van der Waals surface area contributed by atoms with Gasteiger partial charge in [0, 0.05) is 37.1 Å². The Kier molecular flexibility index (Phi) is 5.64. The Labute approximate surface area is 164 Å². The minimum atomic E-state index is -3.57. The monoisotopic (exact) mass is 402 g/mol. The van der Waals surface area contributed by atoms with Crippen molar-refractivity contribution in [2.24, 2.45) is 4.40 Å². The lowest BCUT2D eigenvalue weighted by atomic mass is 10.1. The van der Waals surface area contributed by atoms with E-state index >= 15 is 0 Å². The highest BCUT2D eigenvalue weighted by molar-refractivity contribution is 7.90. The number of anilines is 1. The van der Waals surface area contributed by atoms with Crippen LogP contribution >= 0.6 is 0 Å². The van der Waals surface area contributed by atoms with Crippen molar-refractivity contribution in [3.05, 3.63) is 53.8 Å². The third-order valence-corrected chi connectivity index (χ3v) is 5.69. The molecule has 0 radical (unpaired) electrons. The van der Waals surface area contributed by atoms with Crippen LogP contribution in [0.15, 0.2) is 52.6 Å². The quantitative estimate of drug-likeness (QED) is 0.807. The number of benzene rings is 1. The van der Waals surface area contributed by atoms with Crippen LogP contribution in [0.3, 0.4) is 0 Å². The lowest BCUT2D eigenvalue weighted by Gasteiger charge is -2.28. The number of nitrogens with one attached hydrogen (secondary N) is 1. The van der Waals surface area contributed by atoms with Crippen LogP contribution in [0.25, 0.3) is 0 Å². The molecule has 0 bridgehead atoms. The third-order valence-electron chi connectivity index (χ3n) is 4.54. The van der Waals surface area contributed by atoms with Gasteiger partial charge in [0.25, 0.3) is 21.8 Å². The molecule has 2 aliphatic heterocycles. The van der Waals surface area contributed by atoms with Crippen molar-refractivity contribution in [3.63, 3.8) is 0 Å².